The van der Waals surface area contributed by atoms with Gasteiger partial charge in [0.1, 0.15) is 0 Å². The number of nitrogens with zero attached hydrogens (tertiary/aromatic N) is 1. The van der Waals surface area contributed by atoms with Gasteiger partial charge in [-0.15, -0.1) is 24.0 Å². The van der Waals surface area contributed by atoms with Gasteiger partial charge in [0, 0.05) is 25.8 Å². The van der Waals surface area contributed by atoms with Gasteiger partial charge in [-0.3, -0.25) is 0 Å². The lowest BCUT2D eigenvalue weighted by Gasteiger charge is -2.29. The molecule has 0 bridgehead atoms. The predicted molar refractivity (Wildman–Crippen MR) is 134 cm³/mol. The van der Waals surface area contributed by atoms with Gasteiger partial charge in [-0.05, 0) is 62.5 Å². The zero-order chi connectivity index (χ0) is 20.3. The van der Waals surface area contributed by atoms with Crippen LogP contribution < -0.4 is 10.6 Å². The second-order valence-electron chi connectivity index (χ2n) is 8.41. The largest absolute Gasteiger partial charge is 0.381 e. The fourth-order valence-electron chi connectivity index (χ4n) is 4.27. The van der Waals surface area contributed by atoms with Crippen LogP contribution in [-0.4, -0.2) is 37.9 Å². The van der Waals surface area contributed by atoms with Crippen molar-refractivity contribution in [2.24, 2.45) is 10.9 Å². The summed E-state index contributed by atoms with van der Waals surface area (Å²) in [6.07, 6.45) is 8.83. The highest BCUT2D eigenvalue weighted by Crippen LogP contribution is 2.26. The van der Waals surface area contributed by atoms with Crippen molar-refractivity contribution < 1.29 is 9.47 Å². The van der Waals surface area contributed by atoms with Crippen LogP contribution in [0, 0.1) is 5.92 Å². The van der Waals surface area contributed by atoms with Crippen LogP contribution in [0.5, 0.6) is 0 Å². The Kier molecular flexibility index (Phi) is 12.1. The fourth-order valence-corrected chi connectivity index (χ4v) is 4.27. The van der Waals surface area contributed by atoms with E-state index in [9.17, 15) is 0 Å². The number of rotatable bonds is 8. The monoisotopic (exact) mass is 529 g/mol. The van der Waals surface area contributed by atoms with Crippen molar-refractivity contribution in [2.75, 3.05) is 19.8 Å². The molecule has 5 nitrogen and oxygen atoms in total. The summed E-state index contributed by atoms with van der Waals surface area (Å²) >= 11 is 0. The van der Waals surface area contributed by atoms with Crippen LogP contribution in [0.4, 0.5) is 0 Å². The topological polar surface area (TPSA) is 54.9 Å². The average molecular weight is 530 g/mol. The van der Waals surface area contributed by atoms with E-state index in [-0.39, 0.29) is 24.0 Å². The molecule has 0 aromatic heterocycles. The summed E-state index contributed by atoms with van der Waals surface area (Å²) in [6, 6.07) is 9.17. The number of benzene rings is 1. The van der Waals surface area contributed by atoms with Gasteiger partial charge in [-0.1, -0.05) is 37.6 Å². The molecule has 0 atom stereocenters. The fraction of sp³-hybridized carbons (Fsp3) is 0.708. The molecule has 0 spiro atoms. The lowest BCUT2D eigenvalue weighted by Crippen LogP contribution is -2.44. The molecule has 0 radical (unpaired) electrons. The summed E-state index contributed by atoms with van der Waals surface area (Å²) < 4.78 is 11.5. The molecular formula is C24H40IN3O2. The summed E-state index contributed by atoms with van der Waals surface area (Å²) in [5.41, 5.74) is 2.45. The maximum Gasteiger partial charge on any atom is 0.191 e. The van der Waals surface area contributed by atoms with E-state index >= 15 is 0 Å². The molecule has 2 aliphatic rings. The van der Waals surface area contributed by atoms with Crippen LogP contribution in [0.25, 0.3) is 0 Å². The second-order valence-corrected chi connectivity index (χ2v) is 8.41. The molecule has 1 aliphatic carbocycles. The van der Waals surface area contributed by atoms with Gasteiger partial charge in [-0.25, -0.2) is 4.99 Å². The molecule has 3 rings (SSSR count). The Balaban J connectivity index is 0.00000320. The van der Waals surface area contributed by atoms with E-state index in [4.69, 9.17) is 14.5 Å². The summed E-state index contributed by atoms with van der Waals surface area (Å²) in [7, 11) is 0. The zero-order valence-electron chi connectivity index (χ0n) is 18.7. The molecule has 1 aromatic rings. The van der Waals surface area contributed by atoms with Crippen molar-refractivity contribution in [3.05, 3.63) is 35.4 Å². The quantitative estimate of drug-likeness (QED) is 0.282. The van der Waals surface area contributed by atoms with E-state index in [2.05, 4.69) is 48.7 Å². The third kappa shape index (κ3) is 8.71. The number of nitrogens with one attached hydrogen (secondary N) is 2. The van der Waals surface area contributed by atoms with E-state index in [1.165, 1.54) is 43.2 Å². The Hall–Kier alpha value is -0.860. The Bertz CT molecular complexity index is 627. The van der Waals surface area contributed by atoms with E-state index < -0.39 is 0 Å². The van der Waals surface area contributed by atoms with Crippen molar-refractivity contribution in [2.45, 2.75) is 84.1 Å². The van der Waals surface area contributed by atoms with Gasteiger partial charge in [-0.2, -0.15) is 0 Å². The number of halogens is 1. The number of guanidine groups is 1. The zero-order valence-corrected chi connectivity index (χ0v) is 21.0. The summed E-state index contributed by atoms with van der Waals surface area (Å²) in [6.45, 7) is 8.31. The van der Waals surface area contributed by atoms with E-state index in [1.807, 2.05) is 0 Å². The predicted octanol–water partition coefficient (Wildman–Crippen LogP) is 5.02. The Labute approximate surface area is 199 Å². The van der Waals surface area contributed by atoms with Gasteiger partial charge in [0.2, 0.25) is 0 Å². The molecule has 1 aliphatic heterocycles. The lowest BCUT2D eigenvalue weighted by atomic mass is 9.84. The maximum absolute atomic E-state index is 6.07. The number of hydrogen-bond donors (Lipinski definition) is 2. The van der Waals surface area contributed by atoms with Crippen molar-refractivity contribution in [3.8, 4) is 0 Å². The van der Waals surface area contributed by atoms with Crippen molar-refractivity contribution in [1.29, 1.82) is 0 Å². The molecule has 0 unspecified atom stereocenters. The summed E-state index contributed by atoms with van der Waals surface area (Å²) in [5.74, 6) is 1.86. The summed E-state index contributed by atoms with van der Waals surface area (Å²) in [5, 5.41) is 7.07. The first-order chi connectivity index (χ1) is 14.3. The highest BCUT2D eigenvalue weighted by atomic mass is 127. The Morgan fingerprint density at radius 1 is 1.07 bits per heavy atom. The number of ether oxygens (including phenoxy) is 2. The molecule has 2 N–H and O–H groups in total. The molecule has 6 heteroatoms. The molecular weight excluding hydrogens is 489 g/mol. The minimum Gasteiger partial charge on any atom is -0.381 e. The van der Waals surface area contributed by atoms with E-state index in [0.717, 1.165) is 44.5 Å². The minimum atomic E-state index is 0. The van der Waals surface area contributed by atoms with Crippen molar-refractivity contribution >= 4 is 29.9 Å². The normalized spacial score (nSPS) is 22.9. The second kappa shape index (κ2) is 14.2. The molecule has 2 fully saturated rings. The van der Waals surface area contributed by atoms with Gasteiger partial charge < -0.3 is 20.1 Å². The first-order valence-corrected chi connectivity index (χ1v) is 11.6. The first kappa shape index (κ1) is 25.4. The molecule has 1 saturated carbocycles. The minimum absolute atomic E-state index is 0. The van der Waals surface area contributed by atoms with Crippen LogP contribution in [0.15, 0.2) is 29.3 Å². The highest BCUT2D eigenvalue weighted by Gasteiger charge is 2.20. The number of hydrogen-bond acceptors (Lipinski definition) is 3. The SMILES string of the molecule is CCNC(=NCc1cccc(COC2CCOCC2)c1)NC1CCC(CC)CC1.I. The third-order valence-corrected chi connectivity index (χ3v) is 6.17. The molecule has 30 heavy (non-hydrogen) atoms. The highest BCUT2D eigenvalue weighted by molar-refractivity contribution is 14.0. The van der Waals surface area contributed by atoms with Crippen LogP contribution in [0.1, 0.15) is 69.9 Å². The Morgan fingerprint density at radius 2 is 1.80 bits per heavy atom. The first-order valence-electron chi connectivity index (χ1n) is 11.6. The van der Waals surface area contributed by atoms with Crippen molar-refractivity contribution in [3.63, 3.8) is 0 Å². The van der Waals surface area contributed by atoms with Gasteiger partial charge in [0.05, 0.1) is 19.3 Å². The molecule has 0 amide bonds. The molecule has 1 aromatic carbocycles. The van der Waals surface area contributed by atoms with Crippen LogP contribution in [-0.2, 0) is 22.6 Å². The molecule has 1 heterocycles. The third-order valence-electron chi connectivity index (χ3n) is 6.17. The lowest BCUT2D eigenvalue weighted by molar-refractivity contribution is -0.0390. The van der Waals surface area contributed by atoms with Gasteiger partial charge in [0.25, 0.3) is 0 Å². The smallest absolute Gasteiger partial charge is 0.191 e. The van der Waals surface area contributed by atoms with Crippen LogP contribution in [0.2, 0.25) is 0 Å². The van der Waals surface area contributed by atoms with Crippen molar-refractivity contribution in [1.82, 2.24) is 10.6 Å². The van der Waals surface area contributed by atoms with E-state index in [1.54, 1.807) is 0 Å². The number of aliphatic imine (C=N–C) groups is 1. The van der Waals surface area contributed by atoms with Crippen LogP contribution >= 0.6 is 24.0 Å². The van der Waals surface area contributed by atoms with Crippen LogP contribution in [0.3, 0.4) is 0 Å². The summed E-state index contributed by atoms with van der Waals surface area (Å²) in [4.78, 5) is 4.85. The van der Waals surface area contributed by atoms with E-state index in [0.29, 0.717) is 25.3 Å². The average Bonchev–Trinajstić information content (AvgIpc) is 2.78. The maximum atomic E-state index is 6.07. The molecule has 170 valence electrons. The Morgan fingerprint density at radius 3 is 2.50 bits per heavy atom. The standard InChI is InChI=1S/C24H39N3O2.HI/c1-3-19-8-10-22(11-9-19)27-24(25-4-2)26-17-20-6-5-7-21(16-20)18-29-23-12-14-28-15-13-23;/h5-7,16,19,22-23H,3-4,8-15,17-18H2,1-2H3,(H2,25,26,27);1H. The molecule has 1 saturated heterocycles. The van der Waals surface area contributed by atoms with Gasteiger partial charge in [0.15, 0.2) is 5.96 Å². The van der Waals surface area contributed by atoms with Gasteiger partial charge >= 0.3 is 0 Å².